The van der Waals surface area contributed by atoms with Crippen LogP contribution in [0.3, 0.4) is 0 Å². The van der Waals surface area contributed by atoms with E-state index in [0.717, 1.165) is 123 Å². The number of carbonyl (C=O) groups is 2. The van der Waals surface area contributed by atoms with Crippen LogP contribution < -0.4 is 9.47 Å². The van der Waals surface area contributed by atoms with E-state index in [0.29, 0.717) is 37.3 Å². The smallest absolute Gasteiger partial charge is 0.406 e. The highest BCUT2D eigenvalue weighted by atomic mass is 19.4. The Labute approximate surface area is 441 Å². The van der Waals surface area contributed by atoms with Crippen LogP contribution in [-0.4, -0.2) is 143 Å². The fraction of sp³-hybridized carbons (Fsp3) is 0.536. The molecule has 0 aliphatic carbocycles. The molecule has 0 radical (unpaired) electrons. The van der Waals surface area contributed by atoms with Gasteiger partial charge >= 0.3 is 12.7 Å². The molecule has 14 nitrogen and oxygen atoms in total. The first-order valence-electron chi connectivity index (χ1n) is 25.9. The molecule has 20 heteroatoms. The molecule has 0 N–H and O–H groups in total. The van der Waals surface area contributed by atoms with E-state index in [1.54, 1.807) is 36.7 Å². The van der Waals surface area contributed by atoms with Crippen LogP contribution in [0.1, 0.15) is 120 Å². The quantitative estimate of drug-likeness (QED) is 0.0767. The summed E-state index contributed by atoms with van der Waals surface area (Å²) in [5.74, 6) is -0.162. The number of hydrogen-bond donors (Lipinski definition) is 0. The number of oxime groups is 2. The van der Waals surface area contributed by atoms with Crippen LogP contribution in [0, 0.1) is 39.5 Å². The number of aryl methyl sites for hydroxylation is 4. The zero-order chi connectivity index (χ0) is 55.0. The summed E-state index contributed by atoms with van der Waals surface area (Å²) in [6.07, 6.45) is 1.000. The largest absolute Gasteiger partial charge is 0.573 e. The third kappa shape index (κ3) is 14.2. The van der Waals surface area contributed by atoms with E-state index in [1.807, 2.05) is 49.6 Å². The predicted molar refractivity (Wildman–Crippen MR) is 276 cm³/mol. The third-order valence-electron chi connectivity index (χ3n) is 15.8. The van der Waals surface area contributed by atoms with Crippen molar-refractivity contribution in [2.24, 2.45) is 22.1 Å². The van der Waals surface area contributed by atoms with Gasteiger partial charge < -0.3 is 28.9 Å². The zero-order valence-electron chi connectivity index (χ0n) is 44.7. The van der Waals surface area contributed by atoms with Crippen molar-refractivity contribution in [1.29, 1.82) is 0 Å². The van der Waals surface area contributed by atoms with Crippen molar-refractivity contribution in [1.82, 2.24) is 29.6 Å². The summed E-state index contributed by atoms with van der Waals surface area (Å²) < 4.78 is 83.0. The van der Waals surface area contributed by atoms with E-state index >= 15 is 0 Å². The van der Waals surface area contributed by atoms with Gasteiger partial charge in [-0.2, -0.15) is 0 Å². The monoisotopic (exact) mass is 1060 g/mol. The minimum Gasteiger partial charge on any atom is -0.406 e. The van der Waals surface area contributed by atoms with E-state index in [9.17, 15) is 35.9 Å². The highest BCUT2D eigenvalue weighted by molar-refractivity contribution is 6.03. The van der Waals surface area contributed by atoms with Crippen LogP contribution in [0.2, 0.25) is 0 Å². The van der Waals surface area contributed by atoms with Gasteiger partial charge in [-0.1, -0.05) is 10.3 Å². The van der Waals surface area contributed by atoms with Crippen LogP contribution in [0.15, 0.2) is 83.4 Å². The van der Waals surface area contributed by atoms with E-state index in [-0.39, 0.29) is 46.2 Å². The summed E-state index contributed by atoms with van der Waals surface area (Å²) in [4.78, 5) is 54.1. The van der Waals surface area contributed by atoms with Crippen molar-refractivity contribution in [3.05, 3.63) is 118 Å². The number of ether oxygens (including phenoxy) is 2. The standard InChI is InChI=1S/2C28H35F3N4O3/c2*1-19-9-14-32-20(2)24(19)26(36)34-17-12-27(3,13-18-34)35-15-10-22(11-16-35)25(33-37-4)21-5-7-23(8-6-21)38-28(29,30)31/h2*5-9,14,22H,10-13,15-18H2,1-4H3/b33-25+;33-25-. The molecule has 2 amide bonds. The molecule has 0 unspecified atom stereocenters. The number of amides is 2. The second kappa shape index (κ2) is 24.4. The van der Waals surface area contributed by atoms with Gasteiger partial charge in [-0.15, -0.1) is 26.3 Å². The van der Waals surface area contributed by atoms with Gasteiger partial charge in [-0.05, 0) is 202 Å². The van der Waals surface area contributed by atoms with Gasteiger partial charge in [-0.3, -0.25) is 29.4 Å². The number of piperidine rings is 4. The van der Waals surface area contributed by atoms with Crippen molar-refractivity contribution < 1.29 is 55.1 Å². The van der Waals surface area contributed by atoms with E-state index in [4.69, 9.17) is 9.68 Å². The first-order chi connectivity index (χ1) is 36.0. The Kier molecular flexibility index (Phi) is 18.4. The van der Waals surface area contributed by atoms with Crippen molar-refractivity contribution >= 4 is 23.2 Å². The van der Waals surface area contributed by atoms with E-state index < -0.39 is 12.7 Å². The van der Waals surface area contributed by atoms with Crippen LogP contribution in [-0.2, 0) is 9.68 Å². The molecule has 4 fully saturated rings. The molecule has 4 aliphatic heterocycles. The number of likely N-dealkylation sites (tertiary alicyclic amines) is 4. The summed E-state index contributed by atoms with van der Waals surface area (Å²) in [7, 11) is 2.95. The Morgan fingerprint density at radius 2 is 0.842 bits per heavy atom. The average Bonchev–Trinajstić information content (AvgIpc) is 3.38. The summed E-state index contributed by atoms with van der Waals surface area (Å²) in [6, 6.07) is 15.3. The van der Waals surface area contributed by atoms with Gasteiger partial charge in [0.05, 0.1) is 33.9 Å². The second-order valence-corrected chi connectivity index (χ2v) is 20.7. The molecule has 0 bridgehead atoms. The maximum atomic E-state index is 13.2. The van der Waals surface area contributed by atoms with Gasteiger partial charge in [0.25, 0.3) is 11.8 Å². The SMILES string of the molecule is CO/N=C(/c1ccc(OC(F)(F)F)cc1)C1CCN(C2(C)CCN(C(=O)c3c(C)ccnc3C)CC2)CC1.CO/N=C(\c1ccc(OC(F)(F)F)cc1)C1CCN(C2(C)CCN(C(=O)c3c(C)ccnc3C)CC2)CC1. The number of halogens is 6. The predicted octanol–water partition coefficient (Wildman–Crippen LogP) is 10.7. The summed E-state index contributed by atoms with van der Waals surface area (Å²) in [6.45, 7) is 18.5. The summed E-state index contributed by atoms with van der Waals surface area (Å²) in [5.41, 5.74) is 7.76. The molecular formula is C56H70F6N8O6. The van der Waals surface area contributed by atoms with Crippen molar-refractivity contribution in [2.75, 3.05) is 66.6 Å². The first-order valence-corrected chi connectivity index (χ1v) is 25.9. The van der Waals surface area contributed by atoms with E-state index in [2.05, 4.69) is 53.4 Å². The molecule has 412 valence electrons. The minimum absolute atomic E-state index is 0.00405. The van der Waals surface area contributed by atoms with Gasteiger partial charge in [0.1, 0.15) is 25.7 Å². The average molecular weight is 1070 g/mol. The Morgan fingerprint density at radius 1 is 0.526 bits per heavy atom. The van der Waals surface area contributed by atoms with Gasteiger partial charge in [-0.25, -0.2) is 0 Å². The Hall–Kier alpha value is -6.28. The van der Waals surface area contributed by atoms with Crippen molar-refractivity contribution in [3.8, 4) is 11.5 Å². The number of hydrogen-bond acceptors (Lipinski definition) is 12. The van der Waals surface area contributed by atoms with Gasteiger partial charge in [0.15, 0.2) is 0 Å². The summed E-state index contributed by atoms with van der Waals surface area (Å²) in [5, 5.41) is 8.47. The van der Waals surface area contributed by atoms with Crippen LogP contribution >= 0.6 is 0 Å². The van der Waals surface area contributed by atoms with E-state index in [1.165, 1.54) is 38.5 Å². The van der Waals surface area contributed by atoms with Crippen LogP contribution in [0.25, 0.3) is 0 Å². The molecule has 0 saturated carbocycles. The molecule has 4 aromatic rings. The Bertz CT molecular complexity index is 2440. The highest BCUT2D eigenvalue weighted by Crippen LogP contribution is 2.37. The molecule has 8 rings (SSSR count). The van der Waals surface area contributed by atoms with Gasteiger partial charge in [0, 0.05) is 61.5 Å². The fourth-order valence-electron chi connectivity index (χ4n) is 11.3. The Morgan fingerprint density at radius 3 is 1.12 bits per heavy atom. The topological polar surface area (TPSA) is 135 Å². The number of benzene rings is 2. The van der Waals surface area contributed by atoms with Crippen LogP contribution in [0.5, 0.6) is 11.5 Å². The summed E-state index contributed by atoms with van der Waals surface area (Å²) >= 11 is 0. The second-order valence-electron chi connectivity index (χ2n) is 20.7. The number of rotatable bonds is 12. The molecule has 2 aromatic heterocycles. The van der Waals surface area contributed by atoms with Crippen LogP contribution in [0.4, 0.5) is 26.3 Å². The lowest BCUT2D eigenvalue weighted by Crippen LogP contribution is -2.56. The number of pyridine rings is 2. The first kappa shape index (κ1) is 57.4. The van der Waals surface area contributed by atoms with Crippen molar-refractivity contribution in [2.45, 2.75) is 117 Å². The number of aromatic nitrogens is 2. The normalized spacial score (nSPS) is 19.3. The molecule has 76 heavy (non-hydrogen) atoms. The minimum atomic E-state index is -4.73. The third-order valence-corrected chi connectivity index (χ3v) is 15.8. The molecule has 0 spiro atoms. The molecule has 2 aromatic carbocycles. The zero-order valence-corrected chi connectivity index (χ0v) is 44.7. The van der Waals surface area contributed by atoms with Gasteiger partial charge in [0.2, 0.25) is 0 Å². The number of carbonyl (C=O) groups excluding carboxylic acids is 2. The lowest BCUT2D eigenvalue weighted by atomic mass is 9.82. The number of alkyl halides is 6. The lowest BCUT2D eigenvalue weighted by molar-refractivity contribution is -0.275. The number of nitrogens with zero attached hydrogens (tertiary/aromatic N) is 8. The Balaban J connectivity index is 0.000000221. The van der Waals surface area contributed by atoms with Crippen molar-refractivity contribution in [3.63, 3.8) is 0 Å². The molecule has 0 atom stereocenters. The highest BCUT2D eigenvalue weighted by Gasteiger charge is 2.42. The fourth-order valence-corrected chi connectivity index (χ4v) is 11.3. The molecule has 6 heterocycles. The lowest BCUT2D eigenvalue weighted by Gasteiger charge is -2.49. The maximum absolute atomic E-state index is 13.2. The molecular weight excluding hydrogens is 995 g/mol. The molecule has 4 saturated heterocycles. The maximum Gasteiger partial charge on any atom is 0.573 e. The molecule has 4 aliphatic rings.